The second-order valence-electron chi connectivity index (χ2n) is 4.14. The summed E-state index contributed by atoms with van der Waals surface area (Å²) in [5, 5.41) is 8.56. The molecule has 0 saturated heterocycles. The van der Waals surface area contributed by atoms with Crippen LogP contribution in [-0.2, 0) is 4.79 Å². The summed E-state index contributed by atoms with van der Waals surface area (Å²) in [7, 11) is 1.70. The first kappa shape index (κ1) is 14.9. The maximum absolute atomic E-state index is 12.2. The molecule has 0 fully saturated rings. The molecule has 0 unspecified atom stereocenters. The Kier molecular flexibility index (Phi) is 5.58. The van der Waals surface area contributed by atoms with Crippen LogP contribution in [0.3, 0.4) is 0 Å². The van der Waals surface area contributed by atoms with Gasteiger partial charge in [-0.25, -0.2) is 0 Å². The van der Waals surface area contributed by atoms with Crippen LogP contribution in [0.25, 0.3) is 0 Å². The van der Waals surface area contributed by atoms with Gasteiger partial charge >= 0.3 is 5.97 Å². The number of carboxylic acids is 1. The lowest BCUT2D eigenvalue weighted by Crippen LogP contribution is -2.28. The van der Waals surface area contributed by atoms with E-state index in [9.17, 15) is 9.59 Å². The van der Waals surface area contributed by atoms with E-state index >= 15 is 0 Å². The number of carbonyl (C=O) groups is 2. The van der Waals surface area contributed by atoms with Crippen molar-refractivity contribution < 1.29 is 14.7 Å². The highest BCUT2D eigenvalue weighted by Crippen LogP contribution is 2.17. The molecule has 1 aromatic carbocycles. The number of hydrogen-bond donors (Lipinski definition) is 1. The quantitative estimate of drug-likeness (QED) is 0.820. The number of halogens is 1. The van der Waals surface area contributed by atoms with Crippen molar-refractivity contribution in [3.8, 4) is 0 Å². The zero-order valence-electron chi connectivity index (χ0n) is 10.4. The summed E-state index contributed by atoms with van der Waals surface area (Å²) >= 11 is 2.20. The fourth-order valence-electron chi connectivity index (χ4n) is 1.61. The molecule has 1 rings (SSSR count). The number of hydrogen-bond acceptors (Lipinski definition) is 2. The number of nitrogens with zero attached hydrogens (tertiary/aromatic N) is 1. The number of benzene rings is 1. The van der Waals surface area contributed by atoms with Gasteiger partial charge in [-0.2, -0.15) is 0 Å². The average Bonchev–Trinajstić information content (AvgIpc) is 2.31. The summed E-state index contributed by atoms with van der Waals surface area (Å²) in [5.74, 6) is -0.891. The summed E-state index contributed by atoms with van der Waals surface area (Å²) in [6.07, 6.45) is 0.559. The normalized spacial score (nSPS) is 10.2. The maximum atomic E-state index is 12.2. The predicted molar refractivity (Wildman–Crippen MR) is 77.7 cm³/mol. The second-order valence-corrected chi connectivity index (χ2v) is 5.30. The lowest BCUT2D eigenvalue weighted by atomic mass is 10.1. The molecular formula is C13H16INO3. The zero-order chi connectivity index (χ0) is 13.7. The van der Waals surface area contributed by atoms with E-state index < -0.39 is 5.97 Å². The van der Waals surface area contributed by atoms with Crippen molar-refractivity contribution in [3.05, 3.63) is 32.9 Å². The first-order valence-corrected chi connectivity index (χ1v) is 6.73. The lowest BCUT2D eigenvalue weighted by molar-refractivity contribution is -0.137. The van der Waals surface area contributed by atoms with Crippen molar-refractivity contribution in [1.82, 2.24) is 4.90 Å². The van der Waals surface area contributed by atoms with E-state index in [1.54, 1.807) is 18.0 Å². The number of carbonyl (C=O) groups excluding carboxylic acids is 1. The van der Waals surface area contributed by atoms with Crippen molar-refractivity contribution >= 4 is 34.5 Å². The number of carboxylic acid groups (broad SMARTS) is 1. The third kappa shape index (κ3) is 3.97. The number of amides is 1. The summed E-state index contributed by atoms with van der Waals surface area (Å²) in [4.78, 5) is 24.2. The molecule has 0 atom stereocenters. The highest BCUT2D eigenvalue weighted by molar-refractivity contribution is 14.1. The average molecular weight is 361 g/mol. The minimum absolute atomic E-state index is 0.0589. The Morgan fingerprint density at radius 3 is 2.67 bits per heavy atom. The Labute approximate surface area is 120 Å². The Balaban J connectivity index is 2.69. The molecule has 5 heteroatoms. The van der Waals surface area contributed by atoms with Gasteiger partial charge in [-0.3, -0.25) is 9.59 Å². The lowest BCUT2D eigenvalue weighted by Gasteiger charge is -2.18. The second kappa shape index (κ2) is 6.72. The van der Waals surface area contributed by atoms with Gasteiger partial charge in [-0.1, -0.05) is 6.07 Å². The van der Waals surface area contributed by atoms with Gasteiger partial charge in [-0.05, 0) is 53.6 Å². The van der Waals surface area contributed by atoms with Crippen molar-refractivity contribution in [2.45, 2.75) is 19.8 Å². The molecule has 0 spiro atoms. The summed E-state index contributed by atoms with van der Waals surface area (Å²) in [6, 6.07) is 5.61. The predicted octanol–water partition coefficient (Wildman–Crippen LogP) is 2.54. The van der Waals surface area contributed by atoms with E-state index in [1.165, 1.54) is 0 Å². The molecule has 0 bridgehead atoms. The van der Waals surface area contributed by atoms with Crippen LogP contribution < -0.4 is 0 Å². The Morgan fingerprint density at radius 2 is 2.06 bits per heavy atom. The minimum atomic E-state index is -0.832. The molecule has 0 aliphatic carbocycles. The number of aliphatic carboxylic acids is 1. The van der Waals surface area contributed by atoms with Gasteiger partial charge in [0.25, 0.3) is 5.91 Å². The fraction of sp³-hybridized carbons (Fsp3) is 0.385. The first-order valence-electron chi connectivity index (χ1n) is 5.66. The molecule has 0 saturated carbocycles. The standard InChI is InChI=1S/C13H16INO3/c1-9-10(5-3-6-11(9)14)13(18)15(2)8-4-7-12(16)17/h3,5-6H,4,7-8H2,1-2H3,(H,16,17). The van der Waals surface area contributed by atoms with Gasteiger partial charge in [0.2, 0.25) is 0 Å². The SMILES string of the molecule is Cc1c(I)cccc1C(=O)N(C)CCCC(=O)O. The van der Waals surface area contributed by atoms with E-state index in [0.717, 1.165) is 9.13 Å². The van der Waals surface area contributed by atoms with Crippen LogP contribution in [-0.4, -0.2) is 35.5 Å². The molecule has 0 aliphatic heterocycles. The van der Waals surface area contributed by atoms with E-state index in [0.29, 0.717) is 18.5 Å². The van der Waals surface area contributed by atoms with Crippen molar-refractivity contribution in [1.29, 1.82) is 0 Å². The first-order chi connectivity index (χ1) is 8.43. The van der Waals surface area contributed by atoms with Crippen LogP contribution in [0.4, 0.5) is 0 Å². The van der Waals surface area contributed by atoms with Crippen LogP contribution in [0.1, 0.15) is 28.8 Å². The Hall–Kier alpha value is -1.11. The molecule has 1 amide bonds. The smallest absolute Gasteiger partial charge is 0.303 e. The largest absolute Gasteiger partial charge is 0.481 e. The van der Waals surface area contributed by atoms with Crippen LogP contribution in [0.15, 0.2) is 18.2 Å². The summed E-state index contributed by atoms with van der Waals surface area (Å²) in [5.41, 5.74) is 1.65. The van der Waals surface area contributed by atoms with Gasteiger partial charge < -0.3 is 10.0 Å². The third-order valence-corrected chi connectivity index (χ3v) is 3.90. The molecule has 0 heterocycles. The van der Waals surface area contributed by atoms with Gasteiger partial charge in [0.1, 0.15) is 0 Å². The molecule has 0 aromatic heterocycles. The van der Waals surface area contributed by atoms with Gasteiger partial charge in [0.05, 0.1) is 0 Å². The molecule has 4 nitrogen and oxygen atoms in total. The highest BCUT2D eigenvalue weighted by atomic mass is 127. The van der Waals surface area contributed by atoms with Crippen LogP contribution >= 0.6 is 22.6 Å². The Bertz CT molecular complexity index is 460. The molecular weight excluding hydrogens is 345 g/mol. The van der Waals surface area contributed by atoms with Crippen molar-refractivity contribution in [2.75, 3.05) is 13.6 Å². The van der Waals surface area contributed by atoms with Crippen molar-refractivity contribution in [3.63, 3.8) is 0 Å². The number of rotatable bonds is 5. The molecule has 1 aromatic rings. The molecule has 98 valence electrons. The molecule has 1 N–H and O–H groups in total. The van der Waals surface area contributed by atoms with Crippen LogP contribution in [0.2, 0.25) is 0 Å². The molecule has 18 heavy (non-hydrogen) atoms. The molecule has 0 radical (unpaired) electrons. The van der Waals surface area contributed by atoms with Gasteiger partial charge in [0.15, 0.2) is 0 Å². The topological polar surface area (TPSA) is 57.6 Å². The van der Waals surface area contributed by atoms with Gasteiger partial charge in [0, 0.05) is 29.1 Å². The monoisotopic (exact) mass is 361 g/mol. The highest BCUT2D eigenvalue weighted by Gasteiger charge is 2.15. The van der Waals surface area contributed by atoms with Crippen LogP contribution in [0.5, 0.6) is 0 Å². The van der Waals surface area contributed by atoms with E-state index in [-0.39, 0.29) is 12.3 Å². The summed E-state index contributed by atoms with van der Waals surface area (Å²) < 4.78 is 1.05. The maximum Gasteiger partial charge on any atom is 0.303 e. The zero-order valence-corrected chi connectivity index (χ0v) is 12.6. The fourth-order valence-corrected chi connectivity index (χ4v) is 2.11. The van der Waals surface area contributed by atoms with E-state index in [1.807, 2.05) is 19.1 Å². The minimum Gasteiger partial charge on any atom is -0.481 e. The van der Waals surface area contributed by atoms with E-state index in [4.69, 9.17) is 5.11 Å². The molecule has 0 aliphatic rings. The third-order valence-electron chi connectivity index (χ3n) is 2.73. The Morgan fingerprint density at radius 1 is 1.39 bits per heavy atom. The van der Waals surface area contributed by atoms with Crippen LogP contribution in [0, 0.1) is 10.5 Å². The summed E-state index contributed by atoms with van der Waals surface area (Å²) in [6.45, 7) is 2.37. The van der Waals surface area contributed by atoms with Gasteiger partial charge in [-0.15, -0.1) is 0 Å². The van der Waals surface area contributed by atoms with E-state index in [2.05, 4.69) is 22.6 Å². The van der Waals surface area contributed by atoms with Crippen molar-refractivity contribution in [2.24, 2.45) is 0 Å².